The molecular weight excluding hydrogens is 398 g/mol. The van der Waals surface area contributed by atoms with Crippen LogP contribution in [0.4, 0.5) is 0 Å². The van der Waals surface area contributed by atoms with E-state index < -0.39 is 5.91 Å². The van der Waals surface area contributed by atoms with E-state index in [-0.39, 0.29) is 5.91 Å². The van der Waals surface area contributed by atoms with Gasteiger partial charge in [0.15, 0.2) is 0 Å². The van der Waals surface area contributed by atoms with Crippen LogP contribution in [-0.2, 0) is 6.42 Å². The molecule has 2 heterocycles. The monoisotopic (exact) mass is 423 g/mol. The Morgan fingerprint density at radius 1 is 0.812 bits per heavy atom. The molecule has 0 atom stereocenters. The van der Waals surface area contributed by atoms with Crippen LogP contribution in [0.1, 0.15) is 56.8 Å². The molecule has 0 bridgehead atoms. The molecule has 2 aliphatic rings. The number of carbonyl (C=O) groups excluding carboxylic acids is 2. The SMILES string of the molecule is NC(=O)c1ccc(C2=CCc3ncc(-c4ccc(C(=O)N5CCCCC5)cc4)cc32)cc1. The number of nitrogens with two attached hydrogens (primary N) is 1. The van der Waals surface area contributed by atoms with Gasteiger partial charge < -0.3 is 10.6 Å². The van der Waals surface area contributed by atoms with Gasteiger partial charge in [-0.1, -0.05) is 30.3 Å². The Bertz CT molecular complexity index is 1200. The number of hydrogen-bond donors (Lipinski definition) is 1. The lowest BCUT2D eigenvalue weighted by Gasteiger charge is -2.26. The fraction of sp³-hybridized carbons (Fsp3) is 0.222. The molecule has 2 aromatic carbocycles. The van der Waals surface area contributed by atoms with E-state index in [1.807, 2.05) is 47.5 Å². The predicted molar refractivity (Wildman–Crippen MR) is 125 cm³/mol. The van der Waals surface area contributed by atoms with Gasteiger partial charge in [-0.15, -0.1) is 0 Å². The van der Waals surface area contributed by atoms with Crippen molar-refractivity contribution in [3.8, 4) is 11.1 Å². The summed E-state index contributed by atoms with van der Waals surface area (Å²) in [4.78, 5) is 30.7. The van der Waals surface area contributed by atoms with Crippen LogP contribution in [0.25, 0.3) is 16.7 Å². The second kappa shape index (κ2) is 8.42. The zero-order chi connectivity index (χ0) is 22.1. The van der Waals surface area contributed by atoms with Gasteiger partial charge in [0.2, 0.25) is 5.91 Å². The molecule has 1 aromatic heterocycles. The number of benzene rings is 2. The smallest absolute Gasteiger partial charge is 0.253 e. The average molecular weight is 424 g/mol. The second-order valence-electron chi connectivity index (χ2n) is 8.41. The number of rotatable bonds is 4. The number of piperidine rings is 1. The van der Waals surface area contributed by atoms with Crippen molar-refractivity contribution in [1.82, 2.24) is 9.88 Å². The van der Waals surface area contributed by atoms with Gasteiger partial charge in [0.05, 0.1) is 5.69 Å². The summed E-state index contributed by atoms with van der Waals surface area (Å²) in [5.74, 6) is -0.309. The summed E-state index contributed by atoms with van der Waals surface area (Å²) in [6, 6.07) is 17.4. The van der Waals surface area contributed by atoms with Crippen molar-refractivity contribution in [3.05, 3.63) is 94.8 Å². The first kappa shape index (κ1) is 20.2. The lowest BCUT2D eigenvalue weighted by Crippen LogP contribution is -2.35. The van der Waals surface area contributed by atoms with E-state index in [2.05, 4.69) is 17.1 Å². The van der Waals surface area contributed by atoms with Crippen molar-refractivity contribution in [2.45, 2.75) is 25.7 Å². The minimum absolute atomic E-state index is 0.118. The minimum atomic E-state index is -0.427. The second-order valence-corrected chi connectivity index (χ2v) is 8.41. The first-order chi connectivity index (χ1) is 15.6. The largest absolute Gasteiger partial charge is 0.366 e. The van der Waals surface area contributed by atoms with E-state index in [0.717, 1.165) is 71.4 Å². The summed E-state index contributed by atoms with van der Waals surface area (Å²) in [7, 11) is 0. The number of aromatic nitrogens is 1. The van der Waals surface area contributed by atoms with Crippen LogP contribution in [0, 0.1) is 0 Å². The number of nitrogens with zero attached hydrogens (tertiary/aromatic N) is 2. The Labute approximate surface area is 187 Å². The molecule has 0 saturated carbocycles. The quantitative estimate of drug-likeness (QED) is 0.673. The van der Waals surface area contributed by atoms with E-state index in [1.165, 1.54) is 6.42 Å². The molecule has 2 N–H and O–H groups in total. The highest BCUT2D eigenvalue weighted by Gasteiger charge is 2.20. The lowest BCUT2D eigenvalue weighted by atomic mass is 9.96. The third kappa shape index (κ3) is 3.82. The zero-order valence-corrected chi connectivity index (χ0v) is 17.9. The molecule has 5 heteroatoms. The standard InChI is InChI=1S/C27H25N3O2/c28-26(31)20-8-6-19(7-9-20)23-12-13-25-24(23)16-22(17-29-25)18-4-10-21(11-5-18)27(32)30-14-2-1-3-15-30/h4-12,16-17H,1-3,13-15H2,(H2,28,31). The number of fused-ring (bicyclic) bond motifs is 1. The highest BCUT2D eigenvalue weighted by atomic mass is 16.2. The van der Waals surface area contributed by atoms with Crippen LogP contribution in [0.5, 0.6) is 0 Å². The van der Waals surface area contributed by atoms with E-state index in [1.54, 1.807) is 12.1 Å². The molecule has 1 saturated heterocycles. The molecule has 1 fully saturated rings. The zero-order valence-electron chi connectivity index (χ0n) is 17.9. The highest BCUT2D eigenvalue weighted by Crippen LogP contribution is 2.34. The average Bonchev–Trinajstić information content (AvgIpc) is 3.27. The van der Waals surface area contributed by atoms with E-state index >= 15 is 0 Å². The summed E-state index contributed by atoms with van der Waals surface area (Å²) >= 11 is 0. The maximum Gasteiger partial charge on any atom is 0.253 e. The molecule has 32 heavy (non-hydrogen) atoms. The fourth-order valence-electron chi connectivity index (χ4n) is 4.53. The van der Waals surface area contributed by atoms with Gasteiger partial charge in [0.1, 0.15) is 0 Å². The van der Waals surface area contributed by atoms with Gasteiger partial charge in [-0.2, -0.15) is 0 Å². The summed E-state index contributed by atoms with van der Waals surface area (Å²) in [5, 5.41) is 0. The maximum atomic E-state index is 12.7. The number of carbonyl (C=O) groups is 2. The molecular formula is C27H25N3O2. The van der Waals surface area contributed by atoms with E-state index in [0.29, 0.717) is 5.56 Å². The summed E-state index contributed by atoms with van der Waals surface area (Å²) < 4.78 is 0. The van der Waals surface area contributed by atoms with Gasteiger partial charge >= 0.3 is 0 Å². The topological polar surface area (TPSA) is 76.3 Å². The number of hydrogen-bond acceptors (Lipinski definition) is 3. The summed E-state index contributed by atoms with van der Waals surface area (Å²) in [6.07, 6.45) is 8.23. The van der Waals surface area contributed by atoms with Crippen LogP contribution < -0.4 is 5.73 Å². The molecule has 1 aliphatic carbocycles. The fourth-order valence-corrected chi connectivity index (χ4v) is 4.53. The van der Waals surface area contributed by atoms with Crippen LogP contribution in [-0.4, -0.2) is 34.8 Å². The van der Waals surface area contributed by atoms with Gasteiger partial charge in [0, 0.05) is 48.0 Å². The third-order valence-corrected chi connectivity index (χ3v) is 6.35. The molecule has 5 nitrogen and oxygen atoms in total. The van der Waals surface area contributed by atoms with Crippen molar-refractivity contribution in [1.29, 1.82) is 0 Å². The van der Waals surface area contributed by atoms with Crippen LogP contribution in [0.2, 0.25) is 0 Å². The van der Waals surface area contributed by atoms with Gasteiger partial charge in [-0.25, -0.2) is 0 Å². The molecule has 2 amide bonds. The Kier molecular flexibility index (Phi) is 5.31. The molecule has 1 aliphatic heterocycles. The summed E-state index contributed by atoms with van der Waals surface area (Å²) in [5.41, 5.74) is 12.9. The van der Waals surface area contributed by atoms with Gasteiger partial charge in [0.25, 0.3) is 5.91 Å². The van der Waals surface area contributed by atoms with Gasteiger partial charge in [-0.05, 0) is 66.3 Å². The Morgan fingerprint density at radius 3 is 2.16 bits per heavy atom. The molecule has 0 spiro atoms. The normalized spacial score (nSPS) is 15.2. The molecule has 160 valence electrons. The van der Waals surface area contributed by atoms with E-state index in [4.69, 9.17) is 5.73 Å². The first-order valence-electron chi connectivity index (χ1n) is 11.1. The minimum Gasteiger partial charge on any atom is -0.366 e. The maximum absolute atomic E-state index is 12.7. The molecule has 3 aromatic rings. The Hall–Kier alpha value is -3.73. The van der Waals surface area contributed by atoms with Crippen molar-refractivity contribution >= 4 is 17.4 Å². The number of amides is 2. The predicted octanol–water partition coefficient (Wildman–Crippen LogP) is 4.46. The first-order valence-corrected chi connectivity index (χ1v) is 11.1. The molecule has 5 rings (SSSR count). The van der Waals surface area contributed by atoms with Crippen LogP contribution >= 0.6 is 0 Å². The van der Waals surface area contributed by atoms with Gasteiger partial charge in [-0.3, -0.25) is 14.6 Å². The van der Waals surface area contributed by atoms with Crippen molar-refractivity contribution < 1.29 is 9.59 Å². The summed E-state index contributed by atoms with van der Waals surface area (Å²) in [6.45, 7) is 1.70. The molecule has 0 unspecified atom stereocenters. The Morgan fingerprint density at radius 2 is 1.47 bits per heavy atom. The van der Waals surface area contributed by atoms with E-state index in [9.17, 15) is 9.59 Å². The molecule has 0 radical (unpaired) electrons. The number of pyridine rings is 1. The number of allylic oxidation sites excluding steroid dienone is 1. The Balaban J connectivity index is 1.39. The highest BCUT2D eigenvalue weighted by molar-refractivity contribution is 5.95. The number of likely N-dealkylation sites (tertiary alicyclic amines) is 1. The van der Waals surface area contributed by atoms with Crippen molar-refractivity contribution in [2.24, 2.45) is 5.73 Å². The lowest BCUT2D eigenvalue weighted by molar-refractivity contribution is 0.0724. The van der Waals surface area contributed by atoms with Crippen LogP contribution in [0.3, 0.4) is 0 Å². The third-order valence-electron chi connectivity index (χ3n) is 6.35. The van der Waals surface area contributed by atoms with Crippen molar-refractivity contribution in [3.63, 3.8) is 0 Å². The number of primary amides is 1. The van der Waals surface area contributed by atoms with Crippen molar-refractivity contribution in [2.75, 3.05) is 13.1 Å². The van der Waals surface area contributed by atoms with Crippen LogP contribution in [0.15, 0.2) is 66.9 Å².